The number of benzene rings is 2. The fourth-order valence-electron chi connectivity index (χ4n) is 5.48. The Kier molecular flexibility index (Phi) is 11.4. The number of halogens is 1. The smallest absolute Gasteiger partial charge is 0.211 e. The Morgan fingerprint density at radius 3 is 2.19 bits per heavy atom. The van der Waals surface area contributed by atoms with E-state index in [2.05, 4.69) is 80.4 Å². The van der Waals surface area contributed by atoms with Gasteiger partial charge in [-0.05, 0) is 86.1 Å². The van der Waals surface area contributed by atoms with Gasteiger partial charge in [0.2, 0.25) is 6.41 Å². The minimum atomic E-state index is -0.142. The molecule has 3 heteroatoms. The number of amides is 1. The summed E-state index contributed by atoms with van der Waals surface area (Å²) in [5, 5.41) is 2.33. The topological polar surface area (TPSA) is 29.1 Å². The van der Waals surface area contributed by atoms with Gasteiger partial charge in [-0.2, -0.15) is 0 Å². The van der Waals surface area contributed by atoms with E-state index in [0.29, 0.717) is 18.0 Å². The van der Waals surface area contributed by atoms with Gasteiger partial charge >= 0.3 is 0 Å². The first kappa shape index (κ1) is 28.6. The normalized spacial score (nSPS) is 21.1. The van der Waals surface area contributed by atoms with Crippen molar-refractivity contribution in [1.29, 1.82) is 0 Å². The second-order valence-electron chi connectivity index (χ2n) is 10.8. The Morgan fingerprint density at radius 2 is 1.65 bits per heavy atom. The molecule has 1 saturated carbocycles. The van der Waals surface area contributed by atoms with Crippen LogP contribution in [0.25, 0.3) is 5.57 Å². The predicted octanol–water partition coefficient (Wildman–Crippen LogP) is 9.54. The Bertz CT molecular complexity index is 1060. The Hall–Kier alpha value is -2.94. The monoisotopic (exact) mass is 501 g/mol. The number of hydrogen-bond acceptors (Lipinski definition) is 1. The number of carbonyl (C=O) groups is 1. The minimum Gasteiger partial charge on any atom is -0.333 e. The lowest BCUT2D eigenvalue weighted by atomic mass is 9.77. The summed E-state index contributed by atoms with van der Waals surface area (Å²) in [5.41, 5.74) is 6.57. The molecule has 4 rings (SSSR count). The van der Waals surface area contributed by atoms with Crippen LogP contribution >= 0.6 is 0 Å². The van der Waals surface area contributed by atoms with Crippen LogP contribution in [0, 0.1) is 12.8 Å². The second kappa shape index (κ2) is 14.7. The van der Waals surface area contributed by atoms with Crippen molar-refractivity contribution >= 4 is 12.0 Å². The molecule has 37 heavy (non-hydrogen) atoms. The van der Waals surface area contributed by atoms with Gasteiger partial charge in [0.25, 0.3) is 0 Å². The van der Waals surface area contributed by atoms with E-state index in [1.54, 1.807) is 13.0 Å². The summed E-state index contributed by atoms with van der Waals surface area (Å²) in [4.78, 5) is 9.44. The highest BCUT2D eigenvalue weighted by Gasteiger charge is 2.23. The Balaban J connectivity index is 0.000000568. The molecule has 2 aliphatic rings. The zero-order valence-corrected chi connectivity index (χ0v) is 22.9. The lowest BCUT2D eigenvalue weighted by Gasteiger charge is -2.29. The third kappa shape index (κ3) is 8.84. The molecule has 198 valence electrons. The first-order valence-electron chi connectivity index (χ1n) is 14.0. The summed E-state index contributed by atoms with van der Waals surface area (Å²) in [7, 11) is 0. The summed E-state index contributed by atoms with van der Waals surface area (Å²) >= 11 is 0. The van der Waals surface area contributed by atoms with Gasteiger partial charge in [0.05, 0.1) is 0 Å². The van der Waals surface area contributed by atoms with Crippen molar-refractivity contribution < 1.29 is 9.18 Å². The van der Waals surface area contributed by atoms with E-state index in [1.165, 1.54) is 62.5 Å². The van der Waals surface area contributed by atoms with E-state index < -0.39 is 0 Å². The second-order valence-corrected chi connectivity index (χ2v) is 10.8. The van der Waals surface area contributed by atoms with Gasteiger partial charge in [-0.3, -0.25) is 4.79 Å². The van der Waals surface area contributed by atoms with Crippen LogP contribution in [-0.4, -0.2) is 6.41 Å². The Labute approximate surface area is 223 Å². The van der Waals surface area contributed by atoms with Crippen molar-refractivity contribution in [2.45, 2.75) is 90.4 Å². The summed E-state index contributed by atoms with van der Waals surface area (Å²) in [6, 6.07) is 17.2. The maximum Gasteiger partial charge on any atom is 0.211 e. The third-order valence-corrected chi connectivity index (χ3v) is 7.76. The largest absolute Gasteiger partial charge is 0.333 e. The molecule has 0 spiro atoms. The number of unbranched alkanes of at least 4 members (excludes halogenated alkanes) is 2. The number of allylic oxidation sites excluding steroid dienone is 5. The molecule has 0 aromatic heterocycles. The first-order valence-corrected chi connectivity index (χ1v) is 14.0. The fourth-order valence-corrected chi connectivity index (χ4v) is 5.48. The summed E-state index contributed by atoms with van der Waals surface area (Å²) < 4.78 is 14.9. The lowest BCUT2D eigenvalue weighted by molar-refractivity contribution is -0.108. The quantitative estimate of drug-likeness (QED) is 0.269. The lowest BCUT2D eigenvalue weighted by Crippen LogP contribution is -2.13. The van der Waals surface area contributed by atoms with E-state index in [1.807, 2.05) is 0 Å². The zero-order valence-electron chi connectivity index (χ0n) is 22.9. The van der Waals surface area contributed by atoms with Crippen LogP contribution in [0.5, 0.6) is 0 Å². The number of aryl methyl sites for hydroxylation is 1. The molecule has 0 bridgehead atoms. The maximum absolute atomic E-state index is 14.9. The molecular formula is C34H44FNO. The molecular weight excluding hydrogens is 457 g/mol. The van der Waals surface area contributed by atoms with E-state index in [0.717, 1.165) is 29.0 Å². The molecule has 2 nitrogen and oxygen atoms in total. The van der Waals surface area contributed by atoms with Gasteiger partial charge in [-0.1, -0.05) is 99.4 Å². The van der Waals surface area contributed by atoms with Crippen molar-refractivity contribution in [3.05, 3.63) is 101 Å². The first-order chi connectivity index (χ1) is 17.9. The van der Waals surface area contributed by atoms with Crippen LogP contribution in [0.3, 0.4) is 0 Å². The number of nitrogens with one attached hydrogen (secondary N) is 1. The van der Waals surface area contributed by atoms with Crippen molar-refractivity contribution in [2.24, 2.45) is 5.92 Å². The molecule has 1 unspecified atom stereocenters. The van der Waals surface area contributed by atoms with Crippen LogP contribution in [0.4, 0.5) is 4.39 Å². The number of rotatable bonds is 9. The average Bonchev–Trinajstić information content (AvgIpc) is 2.90. The van der Waals surface area contributed by atoms with Crippen LogP contribution in [0.1, 0.15) is 106 Å². The molecule has 1 N–H and O–H groups in total. The van der Waals surface area contributed by atoms with Gasteiger partial charge in [0.15, 0.2) is 0 Å². The van der Waals surface area contributed by atoms with E-state index in [4.69, 9.17) is 0 Å². The van der Waals surface area contributed by atoms with Crippen molar-refractivity contribution in [3.8, 4) is 0 Å². The molecule has 0 aliphatic heterocycles. The molecule has 2 aromatic carbocycles. The third-order valence-electron chi connectivity index (χ3n) is 7.76. The van der Waals surface area contributed by atoms with Gasteiger partial charge in [-0.25, -0.2) is 4.39 Å². The highest BCUT2D eigenvalue weighted by Crippen LogP contribution is 2.39. The van der Waals surface area contributed by atoms with Crippen LogP contribution in [0.2, 0.25) is 0 Å². The predicted molar refractivity (Wildman–Crippen MR) is 155 cm³/mol. The van der Waals surface area contributed by atoms with Crippen molar-refractivity contribution in [3.63, 3.8) is 0 Å². The zero-order chi connectivity index (χ0) is 26.6. The van der Waals surface area contributed by atoms with Gasteiger partial charge in [0.1, 0.15) is 5.83 Å². The van der Waals surface area contributed by atoms with Crippen LogP contribution in [0.15, 0.2) is 78.8 Å². The molecule has 2 aromatic rings. The molecule has 0 radical (unpaired) electrons. The summed E-state index contributed by atoms with van der Waals surface area (Å²) in [5.74, 6) is 1.49. The highest BCUT2D eigenvalue weighted by atomic mass is 19.1. The average molecular weight is 502 g/mol. The molecule has 0 heterocycles. The van der Waals surface area contributed by atoms with Crippen LogP contribution in [-0.2, 0) is 4.79 Å². The molecule has 1 fully saturated rings. The molecule has 0 saturated heterocycles. The SMILES string of the molecule is C=C(C)NC=O.CCCCCC1CCC(c2ccc(C3=CCC(c4ccc(C)cc4)C(F)=C3)cc2)CC1. The van der Waals surface area contributed by atoms with Crippen molar-refractivity contribution in [2.75, 3.05) is 0 Å². The van der Waals surface area contributed by atoms with Gasteiger partial charge in [-0.15, -0.1) is 0 Å². The number of hydrogen-bond donors (Lipinski definition) is 1. The maximum atomic E-state index is 14.9. The van der Waals surface area contributed by atoms with Gasteiger partial charge in [0, 0.05) is 11.6 Å². The van der Waals surface area contributed by atoms with Crippen LogP contribution < -0.4 is 5.32 Å². The highest BCUT2D eigenvalue weighted by molar-refractivity contribution is 5.76. The molecule has 2 aliphatic carbocycles. The minimum absolute atomic E-state index is 0.0215. The number of carbonyl (C=O) groups excluding carboxylic acids is 1. The fraction of sp³-hybridized carbons (Fsp3) is 0.441. The standard InChI is InChI=1S/C30H37F.C4H7NO/c1-3-4-5-6-23-9-13-24(14-10-23)25-15-17-26(18-16-25)28-19-20-29(30(31)21-28)27-11-7-22(2)8-12-27;1-4(2)5-3-6/h7-8,11-12,15-19,21,23-24,29H,3-6,9-10,13-14,20H2,1-2H3;3H,1H2,2H3,(H,5,6). The van der Waals surface area contributed by atoms with E-state index in [9.17, 15) is 9.18 Å². The van der Waals surface area contributed by atoms with Crippen molar-refractivity contribution in [1.82, 2.24) is 5.32 Å². The summed E-state index contributed by atoms with van der Waals surface area (Å²) in [6.45, 7) is 9.47. The molecule has 1 atom stereocenters. The van der Waals surface area contributed by atoms with Gasteiger partial charge < -0.3 is 5.32 Å². The van der Waals surface area contributed by atoms with E-state index >= 15 is 0 Å². The molecule has 1 amide bonds. The summed E-state index contributed by atoms with van der Waals surface area (Å²) in [6.07, 6.45) is 16.2. The Morgan fingerprint density at radius 1 is 1.00 bits per heavy atom. The van der Waals surface area contributed by atoms with E-state index in [-0.39, 0.29) is 11.7 Å².